The zero-order chi connectivity index (χ0) is 22.0. The van der Waals surface area contributed by atoms with Crippen LogP contribution in [0, 0.1) is 5.41 Å². The Bertz CT molecular complexity index is 736. The van der Waals surface area contributed by atoms with Crippen molar-refractivity contribution in [2.45, 2.75) is 58.1 Å². The highest BCUT2D eigenvalue weighted by atomic mass is 31.2. The molecule has 0 radical (unpaired) electrons. The number of carbonyl (C=O) groups excluding carboxylic acids is 1. The number of nitrogens with one attached hydrogen (secondary N) is 2. The molecule has 2 atom stereocenters. The van der Waals surface area contributed by atoms with E-state index in [9.17, 15) is 19.3 Å². The number of aliphatic carboxylic acids is 1. The van der Waals surface area contributed by atoms with Crippen molar-refractivity contribution in [2.24, 2.45) is 5.41 Å². The largest absolute Gasteiger partial charge is 0.481 e. The Hall–Kier alpha value is -1.73. The molecule has 0 saturated heterocycles. The number of hydrogen-bond donors (Lipinski definition) is 3. The Morgan fingerprint density at radius 1 is 1.20 bits per heavy atom. The third kappa shape index (κ3) is 7.84. The first-order valence-corrected chi connectivity index (χ1v) is 12.2. The van der Waals surface area contributed by atoms with E-state index in [2.05, 4.69) is 10.2 Å². The van der Waals surface area contributed by atoms with Crippen molar-refractivity contribution in [2.75, 3.05) is 20.0 Å². The van der Waals surface area contributed by atoms with Crippen molar-refractivity contribution in [3.05, 3.63) is 35.9 Å². The van der Waals surface area contributed by atoms with E-state index < -0.39 is 30.8 Å². The van der Waals surface area contributed by atoms with Gasteiger partial charge >= 0.3 is 11.9 Å². The zero-order valence-corrected chi connectivity index (χ0v) is 18.7. The van der Waals surface area contributed by atoms with E-state index in [0.717, 1.165) is 37.7 Å². The summed E-state index contributed by atoms with van der Waals surface area (Å²) in [6, 6.07) is 8.50. The van der Waals surface area contributed by atoms with Gasteiger partial charge in [-0.3, -0.25) is 19.2 Å². The van der Waals surface area contributed by atoms with Crippen molar-refractivity contribution in [3.63, 3.8) is 0 Å². The van der Waals surface area contributed by atoms with Gasteiger partial charge in [0.2, 0.25) is 7.44 Å². The Morgan fingerprint density at radius 2 is 1.87 bits per heavy atom. The number of methoxy groups -OCH3 is 1. The van der Waals surface area contributed by atoms with Gasteiger partial charge in [0.15, 0.2) is 0 Å². The lowest BCUT2D eigenvalue weighted by molar-refractivity contribution is -0.146. The van der Waals surface area contributed by atoms with Crippen LogP contribution in [0.25, 0.3) is 0 Å². The third-order valence-corrected chi connectivity index (χ3v) is 7.54. The van der Waals surface area contributed by atoms with E-state index in [0.29, 0.717) is 6.54 Å². The van der Waals surface area contributed by atoms with E-state index >= 15 is 0 Å². The molecular weight excluding hydrogens is 407 g/mol. The summed E-state index contributed by atoms with van der Waals surface area (Å²) in [4.78, 5) is 23.7. The first-order valence-electron chi connectivity index (χ1n) is 10.3. The normalized spacial score (nSPS) is 18.9. The molecule has 0 aliphatic heterocycles. The molecule has 1 aliphatic rings. The summed E-state index contributed by atoms with van der Waals surface area (Å²) in [6.45, 7) is 2.01. The zero-order valence-electron chi connectivity index (χ0n) is 17.8. The summed E-state index contributed by atoms with van der Waals surface area (Å²) in [5.41, 5.74) is 0.427. The van der Waals surface area contributed by atoms with Crippen molar-refractivity contribution in [3.8, 4) is 0 Å². The van der Waals surface area contributed by atoms with Gasteiger partial charge in [0.05, 0.1) is 6.42 Å². The van der Waals surface area contributed by atoms with Gasteiger partial charge in [0.25, 0.3) is 0 Å². The Labute approximate surface area is 178 Å². The quantitative estimate of drug-likeness (QED) is 0.334. The Kier molecular flexibility index (Phi) is 9.49. The fourth-order valence-corrected chi connectivity index (χ4v) is 5.81. The SMILES string of the molecule is COCP(=O)(NCC1(CC(=O)O)CCCCC1)N[C@@H](C)C(=O)OCc1ccccc1. The molecule has 0 amide bonds. The molecule has 8 nitrogen and oxygen atoms in total. The van der Waals surface area contributed by atoms with Crippen molar-refractivity contribution in [1.82, 2.24) is 10.2 Å². The summed E-state index contributed by atoms with van der Waals surface area (Å²) < 4.78 is 23.8. The van der Waals surface area contributed by atoms with Gasteiger partial charge in [-0.2, -0.15) is 0 Å². The van der Waals surface area contributed by atoms with Crippen LogP contribution < -0.4 is 10.2 Å². The lowest BCUT2D eigenvalue weighted by Crippen LogP contribution is -2.42. The van der Waals surface area contributed by atoms with Crippen LogP contribution in [0.2, 0.25) is 0 Å². The molecule has 1 fully saturated rings. The van der Waals surface area contributed by atoms with Crippen LogP contribution in [-0.2, 0) is 30.2 Å². The Balaban J connectivity index is 1.96. The fourth-order valence-electron chi connectivity index (χ4n) is 3.86. The second-order valence-electron chi connectivity index (χ2n) is 8.07. The van der Waals surface area contributed by atoms with Crippen molar-refractivity contribution in [1.29, 1.82) is 0 Å². The van der Waals surface area contributed by atoms with Crippen molar-refractivity contribution < 1.29 is 28.7 Å². The highest BCUT2D eigenvalue weighted by Gasteiger charge is 2.37. The summed E-state index contributed by atoms with van der Waals surface area (Å²) in [6.07, 6.45) is 4.45. The lowest BCUT2D eigenvalue weighted by atomic mass is 9.72. The molecule has 1 aliphatic carbocycles. The number of carbonyl (C=O) groups is 2. The van der Waals surface area contributed by atoms with Crippen molar-refractivity contribution >= 4 is 19.4 Å². The molecule has 1 saturated carbocycles. The average Bonchev–Trinajstić information content (AvgIpc) is 2.72. The molecule has 1 aromatic carbocycles. The maximum Gasteiger partial charge on any atom is 0.323 e. The molecule has 1 unspecified atom stereocenters. The second-order valence-corrected chi connectivity index (χ2v) is 10.4. The predicted molar refractivity (Wildman–Crippen MR) is 114 cm³/mol. The van der Waals surface area contributed by atoms with E-state index in [1.807, 2.05) is 30.3 Å². The molecular formula is C21H33N2O6P. The number of ether oxygens (including phenoxy) is 2. The van der Waals surface area contributed by atoms with Gasteiger partial charge in [0.1, 0.15) is 19.0 Å². The highest BCUT2D eigenvalue weighted by molar-refractivity contribution is 7.59. The topological polar surface area (TPSA) is 114 Å². The molecule has 9 heteroatoms. The first-order chi connectivity index (χ1) is 14.3. The summed E-state index contributed by atoms with van der Waals surface area (Å²) >= 11 is 0. The van der Waals surface area contributed by atoms with Gasteiger partial charge in [-0.05, 0) is 30.7 Å². The molecule has 2 rings (SSSR count). The van der Waals surface area contributed by atoms with Crippen LogP contribution in [-0.4, -0.2) is 43.1 Å². The van der Waals surface area contributed by atoms with Crippen LogP contribution in [0.5, 0.6) is 0 Å². The molecule has 0 aromatic heterocycles. The molecule has 0 bridgehead atoms. The van der Waals surface area contributed by atoms with Crippen LogP contribution >= 0.6 is 7.44 Å². The summed E-state index contributed by atoms with van der Waals surface area (Å²) in [5.74, 6) is -1.37. The van der Waals surface area contributed by atoms with E-state index in [1.54, 1.807) is 6.92 Å². The second kappa shape index (κ2) is 11.6. The van der Waals surface area contributed by atoms with Crippen LogP contribution in [0.15, 0.2) is 30.3 Å². The number of carboxylic acids is 1. The fraction of sp³-hybridized carbons (Fsp3) is 0.619. The van der Waals surface area contributed by atoms with Gasteiger partial charge in [-0.1, -0.05) is 49.6 Å². The molecule has 3 N–H and O–H groups in total. The number of benzene rings is 1. The van der Waals surface area contributed by atoms with Gasteiger partial charge < -0.3 is 14.6 Å². The minimum atomic E-state index is -3.29. The summed E-state index contributed by atoms with van der Waals surface area (Å²) in [5, 5.41) is 15.2. The van der Waals surface area contributed by atoms with E-state index in [-0.39, 0.29) is 19.4 Å². The molecule has 0 spiro atoms. The first kappa shape index (κ1) is 24.5. The van der Waals surface area contributed by atoms with Crippen LogP contribution in [0.1, 0.15) is 51.0 Å². The minimum absolute atomic E-state index is 0.0294. The molecule has 30 heavy (non-hydrogen) atoms. The predicted octanol–water partition coefficient (Wildman–Crippen LogP) is 3.52. The Morgan fingerprint density at radius 3 is 2.47 bits per heavy atom. The molecule has 0 heterocycles. The number of hydrogen-bond acceptors (Lipinski definition) is 5. The minimum Gasteiger partial charge on any atom is -0.481 e. The molecule has 1 aromatic rings. The standard InChI is InChI=1S/C21H33N2O6P/c1-17(20(26)29-14-18-9-5-3-6-10-18)23-30(27,16-28-2)22-15-21(13-19(24)25)11-7-4-8-12-21/h3,5-6,9-10,17H,4,7-8,11-16H2,1-2H3,(H,24,25)(H2,22,23,27)/t17-,30?/m0/s1. The maximum atomic E-state index is 13.4. The smallest absolute Gasteiger partial charge is 0.323 e. The van der Waals surface area contributed by atoms with Gasteiger partial charge in [-0.25, -0.2) is 5.09 Å². The van der Waals surface area contributed by atoms with E-state index in [4.69, 9.17) is 9.47 Å². The number of carboxylic acid groups (broad SMARTS) is 1. The van der Waals surface area contributed by atoms with Crippen LogP contribution in [0.4, 0.5) is 0 Å². The summed E-state index contributed by atoms with van der Waals surface area (Å²) in [7, 11) is -1.86. The maximum absolute atomic E-state index is 13.4. The average molecular weight is 440 g/mol. The van der Waals surface area contributed by atoms with Gasteiger partial charge in [0, 0.05) is 13.7 Å². The lowest BCUT2D eigenvalue weighted by Gasteiger charge is -2.37. The van der Waals surface area contributed by atoms with Crippen LogP contribution in [0.3, 0.4) is 0 Å². The van der Waals surface area contributed by atoms with E-state index in [1.165, 1.54) is 7.11 Å². The number of esters is 1. The number of rotatable bonds is 12. The third-order valence-electron chi connectivity index (χ3n) is 5.44. The highest BCUT2D eigenvalue weighted by Crippen LogP contribution is 2.43. The monoisotopic (exact) mass is 440 g/mol. The van der Waals surface area contributed by atoms with Gasteiger partial charge in [-0.15, -0.1) is 0 Å². The molecule has 168 valence electrons.